The predicted octanol–water partition coefficient (Wildman–Crippen LogP) is 3.61. The molecule has 3 amide bonds. The van der Waals surface area contributed by atoms with Crippen molar-refractivity contribution in [1.29, 1.82) is 0 Å². The Kier molecular flexibility index (Phi) is 6.51. The van der Waals surface area contributed by atoms with Crippen molar-refractivity contribution in [1.82, 2.24) is 19.6 Å². The van der Waals surface area contributed by atoms with E-state index in [1.54, 1.807) is 32.8 Å². The van der Waals surface area contributed by atoms with Crippen LogP contribution in [0.3, 0.4) is 0 Å². The molecule has 9 heteroatoms. The highest BCUT2D eigenvalue weighted by Gasteiger charge is 2.30. The molecule has 0 atom stereocenters. The van der Waals surface area contributed by atoms with E-state index in [9.17, 15) is 19.5 Å². The van der Waals surface area contributed by atoms with Crippen LogP contribution in [0.4, 0.5) is 10.5 Å². The van der Waals surface area contributed by atoms with E-state index in [-0.39, 0.29) is 18.4 Å². The first-order valence-corrected chi connectivity index (χ1v) is 11.7. The average Bonchev–Trinajstić information content (AvgIpc) is 3.19. The lowest BCUT2D eigenvalue weighted by Crippen LogP contribution is -2.51. The molecule has 1 aromatic heterocycles. The quantitative estimate of drug-likeness (QED) is 0.619. The highest BCUT2D eigenvalue weighted by Crippen LogP contribution is 2.31. The van der Waals surface area contributed by atoms with Crippen molar-refractivity contribution in [3.8, 4) is 0 Å². The summed E-state index contributed by atoms with van der Waals surface area (Å²) in [4.78, 5) is 42.4. The second-order valence-corrected chi connectivity index (χ2v) is 9.85. The predicted molar refractivity (Wildman–Crippen MR) is 134 cm³/mol. The number of aromatic nitrogens is 2. The Bertz CT molecular complexity index is 1250. The number of benzene rings is 2. The fourth-order valence-corrected chi connectivity index (χ4v) is 4.45. The largest absolute Gasteiger partial charge is 0.465 e. The molecule has 0 radical (unpaired) electrons. The Morgan fingerprint density at radius 3 is 2.23 bits per heavy atom. The molecule has 2 heterocycles. The molecule has 0 saturated carbocycles. The second kappa shape index (κ2) is 9.40. The smallest absolute Gasteiger partial charge is 0.412 e. The van der Waals surface area contributed by atoms with Crippen molar-refractivity contribution < 1.29 is 19.5 Å². The van der Waals surface area contributed by atoms with Crippen LogP contribution in [0.1, 0.15) is 36.7 Å². The summed E-state index contributed by atoms with van der Waals surface area (Å²) in [5.41, 5.74) is 2.14. The Balaban J connectivity index is 1.44. The molecule has 0 unspecified atom stereocenters. The van der Waals surface area contributed by atoms with Gasteiger partial charge in [-0.1, -0.05) is 18.2 Å². The van der Waals surface area contributed by atoms with Crippen LogP contribution in [0.2, 0.25) is 0 Å². The Labute approximate surface area is 204 Å². The number of carboxylic acid groups (broad SMARTS) is 1. The van der Waals surface area contributed by atoms with Crippen LogP contribution in [0, 0.1) is 6.92 Å². The molecule has 35 heavy (non-hydrogen) atoms. The summed E-state index contributed by atoms with van der Waals surface area (Å²) < 4.78 is 1.60. The molecular formula is C26H31N5O4. The maximum Gasteiger partial charge on any atom is 0.412 e. The van der Waals surface area contributed by atoms with Crippen molar-refractivity contribution in [2.24, 2.45) is 0 Å². The number of carbonyl (C=O) groups is 3. The number of fused-ring (bicyclic) bond motifs is 1. The molecule has 1 N–H and O–H groups in total. The van der Waals surface area contributed by atoms with E-state index in [0.717, 1.165) is 10.9 Å². The molecule has 1 aliphatic heterocycles. The van der Waals surface area contributed by atoms with Gasteiger partial charge in [0, 0.05) is 48.9 Å². The first-order chi connectivity index (χ1) is 16.5. The molecule has 0 spiro atoms. The van der Waals surface area contributed by atoms with Crippen molar-refractivity contribution >= 4 is 34.5 Å². The molecule has 0 bridgehead atoms. The van der Waals surface area contributed by atoms with Gasteiger partial charge in [0.05, 0.1) is 11.2 Å². The van der Waals surface area contributed by atoms with Crippen molar-refractivity contribution in [2.45, 2.75) is 39.8 Å². The number of hydrogen-bond donors (Lipinski definition) is 1. The molecule has 4 rings (SSSR count). The van der Waals surface area contributed by atoms with E-state index in [1.807, 2.05) is 58.0 Å². The minimum absolute atomic E-state index is 0.0205. The molecule has 184 valence electrons. The lowest BCUT2D eigenvalue weighted by molar-refractivity contribution is -0.133. The molecule has 9 nitrogen and oxygen atoms in total. The van der Waals surface area contributed by atoms with Gasteiger partial charge in [-0.3, -0.25) is 19.2 Å². The van der Waals surface area contributed by atoms with Gasteiger partial charge in [-0.15, -0.1) is 0 Å². The van der Waals surface area contributed by atoms with Gasteiger partial charge in [-0.2, -0.15) is 5.10 Å². The molecule has 1 fully saturated rings. The number of nitrogens with zero attached hydrogens (tertiary/aromatic N) is 5. The van der Waals surface area contributed by atoms with Crippen molar-refractivity contribution in [2.75, 3.05) is 31.1 Å². The fraction of sp³-hybridized carbons (Fsp3) is 0.385. The van der Waals surface area contributed by atoms with E-state index in [2.05, 4.69) is 5.10 Å². The van der Waals surface area contributed by atoms with Crippen LogP contribution in [0.15, 0.2) is 48.7 Å². The number of aryl methyl sites for hydroxylation is 1. The molecular weight excluding hydrogens is 446 g/mol. The summed E-state index contributed by atoms with van der Waals surface area (Å²) in [5.74, 6) is -0.0868. The van der Waals surface area contributed by atoms with Crippen LogP contribution in [-0.2, 0) is 11.3 Å². The van der Waals surface area contributed by atoms with Crippen LogP contribution >= 0.6 is 0 Å². The maximum atomic E-state index is 12.9. The number of piperazine rings is 1. The number of carbonyl (C=O) groups excluding carboxylic acids is 2. The number of anilines is 1. The van der Waals surface area contributed by atoms with Gasteiger partial charge in [0.25, 0.3) is 5.91 Å². The zero-order valence-corrected chi connectivity index (χ0v) is 20.6. The van der Waals surface area contributed by atoms with E-state index >= 15 is 0 Å². The first kappa shape index (κ1) is 24.3. The van der Waals surface area contributed by atoms with Crippen molar-refractivity contribution in [3.63, 3.8) is 0 Å². The first-order valence-electron chi connectivity index (χ1n) is 11.7. The van der Waals surface area contributed by atoms with E-state index in [4.69, 9.17) is 0 Å². The third-order valence-electron chi connectivity index (χ3n) is 6.21. The SMILES string of the molecule is Cc1cc2nn(CC(=O)N3CCN(C(=O)c4ccccc4)CC3)cc2cc1N(C(=O)O)C(C)(C)C. The van der Waals surface area contributed by atoms with Gasteiger partial charge >= 0.3 is 6.09 Å². The second-order valence-electron chi connectivity index (χ2n) is 9.85. The third-order valence-corrected chi connectivity index (χ3v) is 6.21. The topological polar surface area (TPSA) is 99.0 Å². The molecule has 1 saturated heterocycles. The van der Waals surface area contributed by atoms with Gasteiger partial charge in [0.1, 0.15) is 6.54 Å². The number of amides is 3. The lowest BCUT2D eigenvalue weighted by atomic mass is 10.0. The standard InChI is InChI=1S/C26H31N5O4/c1-18-14-21-20(15-22(18)31(25(34)35)26(2,3)4)16-30(27-21)17-23(32)28-10-12-29(13-11-28)24(33)19-8-6-5-7-9-19/h5-9,14-16H,10-13,17H2,1-4H3,(H,34,35). The zero-order valence-electron chi connectivity index (χ0n) is 20.6. The number of rotatable bonds is 4. The van der Waals surface area contributed by atoms with Gasteiger partial charge in [-0.05, 0) is 57.5 Å². The van der Waals surface area contributed by atoms with Crippen LogP contribution < -0.4 is 4.90 Å². The van der Waals surface area contributed by atoms with Gasteiger partial charge < -0.3 is 14.9 Å². The zero-order chi connectivity index (χ0) is 25.3. The summed E-state index contributed by atoms with van der Waals surface area (Å²) in [6.45, 7) is 9.40. The van der Waals surface area contributed by atoms with Crippen molar-refractivity contribution in [3.05, 3.63) is 59.8 Å². The summed E-state index contributed by atoms with van der Waals surface area (Å²) in [6.07, 6.45) is 0.751. The van der Waals surface area contributed by atoms with Gasteiger partial charge in [-0.25, -0.2) is 4.79 Å². The Hall–Kier alpha value is -3.88. The minimum atomic E-state index is -1.02. The molecule has 2 aromatic carbocycles. The van der Waals surface area contributed by atoms with Crippen LogP contribution in [0.25, 0.3) is 10.9 Å². The maximum absolute atomic E-state index is 12.9. The highest BCUT2D eigenvalue weighted by atomic mass is 16.4. The summed E-state index contributed by atoms with van der Waals surface area (Å²) in [6, 6.07) is 12.8. The van der Waals surface area contributed by atoms with E-state index in [0.29, 0.717) is 42.9 Å². The van der Waals surface area contributed by atoms with Crippen LogP contribution in [-0.4, -0.2) is 74.3 Å². The van der Waals surface area contributed by atoms with E-state index < -0.39 is 11.6 Å². The summed E-state index contributed by atoms with van der Waals surface area (Å²) in [7, 11) is 0. The summed E-state index contributed by atoms with van der Waals surface area (Å²) >= 11 is 0. The average molecular weight is 478 g/mol. The minimum Gasteiger partial charge on any atom is -0.465 e. The van der Waals surface area contributed by atoms with Crippen LogP contribution in [0.5, 0.6) is 0 Å². The Morgan fingerprint density at radius 1 is 1.00 bits per heavy atom. The number of hydrogen-bond acceptors (Lipinski definition) is 4. The molecule has 0 aliphatic carbocycles. The highest BCUT2D eigenvalue weighted by molar-refractivity contribution is 5.95. The monoisotopic (exact) mass is 477 g/mol. The summed E-state index contributed by atoms with van der Waals surface area (Å²) in [5, 5.41) is 15.1. The van der Waals surface area contributed by atoms with Gasteiger partial charge in [0.15, 0.2) is 0 Å². The molecule has 1 aliphatic rings. The Morgan fingerprint density at radius 2 is 1.63 bits per heavy atom. The fourth-order valence-electron chi connectivity index (χ4n) is 4.45. The van der Waals surface area contributed by atoms with Gasteiger partial charge in [0.2, 0.25) is 5.91 Å². The van der Waals surface area contributed by atoms with E-state index in [1.165, 1.54) is 4.90 Å². The molecule has 3 aromatic rings. The third kappa shape index (κ3) is 5.13. The normalized spacial score (nSPS) is 14.3. The lowest BCUT2D eigenvalue weighted by Gasteiger charge is -2.34.